The first kappa shape index (κ1) is 14.2. The number of nitrogens with zero attached hydrogens (tertiary/aromatic N) is 4. The molecule has 0 radical (unpaired) electrons. The molecule has 2 N–H and O–H groups in total. The van der Waals surface area contributed by atoms with Crippen LogP contribution in [-0.2, 0) is 0 Å². The van der Waals surface area contributed by atoms with E-state index < -0.39 is 5.82 Å². The summed E-state index contributed by atoms with van der Waals surface area (Å²) in [5.74, 6) is 1.15. The van der Waals surface area contributed by atoms with Crippen LogP contribution in [0.2, 0.25) is 0 Å². The third-order valence-corrected chi connectivity index (χ3v) is 4.33. The number of fused-ring (bicyclic) bond motifs is 1. The molecule has 23 heavy (non-hydrogen) atoms. The fraction of sp³-hybridized carbons (Fsp3) is 0.438. The Balaban J connectivity index is 2.02. The summed E-state index contributed by atoms with van der Waals surface area (Å²) in [5.41, 5.74) is 8.48. The van der Waals surface area contributed by atoms with E-state index in [0.717, 1.165) is 30.4 Å². The average Bonchev–Trinajstić information content (AvgIpc) is 3.15. The van der Waals surface area contributed by atoms with E-state index in [1.165, 1.54) is 0 Å². The number of aromatic nitrogens is 4. The monoisotopic (exact) mass is 315 g/mol. The molecule has 4 rings (SSSR count). The average molecular weight is 315 g/mol. The third kappa shape index (κ3) is 2.03. The lowest BCUT2D eigenvalue weighted by Crippen LogP contribution is -2.04. The Hall–Kier alpha value is -2.44. The summed E-state index contributed by atoms with van der Waals surface area (Å²) >= 11 is 0. The summed E-state index contributed by atoms with van der Waals surface area (Å²) in [7, 11) is 0. The van der Waals surface area contributed by atoms with Crippen molar-refractivity contribution in [1.29, 1.82) is 0 Å². The molecule has 0 unspecified atom stereocenters. The Morgan fingerprint density at radius 1 is 1.35 bits per heavy atom. The quantitative estimate of drug-likeness (QED) is 0.799. The van der Waals surface area contributed by atoms with Crippen LogP contribution in [0.15, 0.2) is 10.7 Å². The largest absolute Gasteiger partial charge is 0.383 e. The lowest BCUT2D eigenvalue weighted by molar-refractivity contribution is 0.385. The van der Waals surface area contributed by atoms with Gasteiger partial charge in [-0.15, -0.1) is 0 Å². The van der Waals surface area contributed by atoms with Gasteiger partial charge >= 0.3 is 0 Å². The lowest BCUT2D eigenvalue weighted by Gasteiger charge is -2.07. The topological polar surface area (TPSA) is 82.8 Å². The van der Waals surface area contributed by atoms with Gasteiger partial charge in [0.25, 0.3) is 0 Å². The summed E-state index contributed by atoms with van der Waals surface area (Å²) < 4.78 is 21.5. The molecule has 0 aromatic carbocycles. The van der Waals surface area contributed by atoms with Crippen LogP contribution in [0, 0.1) is 12.7 Å². The van der Waals surface area contributed by atoms with Crippen molar-refractivity contribution in [2.75, 3.05) is 5.73 Å². The van der Waals surface area contributed by atoms with Gasteiger partial charge in [0.15, 0.2) is 5.82 Å². The predicted octanol–water partition coefficient (Wildman–Crippen LogP) is 3.57. The zero-order valence-electron chi connectivity index (χ0n) is 13.3. The highest BCUT2D eigenvalue weighted by Gasteiger charge is 2.32. The van der Waals surface area contributed by atoms with Gasteiger partial charge in [-0.3, -0.25) is 4.68 Å². The molecule has 3 heterocycles. The van der Waals surface area contributed by atoms with Crippen LogP contribution >= 0.6 is 0 Å². The van der Waals surface area contributed by atoms with Crippen molar-refractivity contribution < 1.29 is 8.91 Å². The normalized spacial score (nSPS) is 15.0. The second-order valence-corrected chi connectivity index (χ2v) is 6.40. The van der Waals surface area contributed by atoms with Gasteiger partial charge < -0.3 is 10.3 Å². The van der Waals surface area contributed by atoms with Crippen molar-refractivity contribution in [3.05, 3.63) is 23.3 Å². The van der Waals surface area contributed by atoms with Crippen LogP contribution in [0.1, 0.15) is 50.0 Å². The van der Waals surface area contributed by atoms with Gasteiger partial charge in [-0.1, -0.05) is 5.16 Å². The van der Waals surface area contributed by atoms with Gasteiger partial charge in [0, 0.05) is 17.5 Å². The Morgan fingerprint density at radius 3 is 2.74 bits per heavy atom. The fourth-order valence-corrected chi connectivity index (χ4v) is 2.99. The minimum atomic E-state index is -0.440. The number of nitrogens with two attached hydrogens (primary N) is 1. The fourth-order valence-electron chi connectivity index (χ4n) is 2.99. The van der Waals surface area contributed by atoms with Crippen molar-refractivity contribution in [2.24, 2.45) is 0 Å². The van der Waals surface area contributed by atoms with Crippen LogP contribution in [0.4, 0.5) is 10.2 Å². The van der Waals surface area contributed by atoms with Crippen molar-refractivity contribution >= 4 is 16.7 Å². The first-order chi connectivity index (χ1) is 11.0. The maximum atomic E-state index is 14.3. The van der Waals surface area contributed by atoms with Gasteiger partial charge in [-0.25, -0.2) is 9.37 Å². The number of rotatable bonds is 3. The summed E-state index contributed by atoms with van der Waals surface area (Å²) in [6, 6.07) is -0.0161. The van der Waals surface area contributed by atoms with E-state index in [0.29, 0.717) is 28.2 Å². The van der Waals surface area contributed by atoms with Crippen molar-refractivity contribution in [3.8, 4) is 11.4 Å². The van der Waals surface area contributed by atoms with Crippen LogP contribution in [0.5, 0.6) is 0 Å². The van der Waals surface area contributed by atoms with Crippen LogP contribution < -0.4 is 5.73 Å². The highest BCUT2D eigenvalue weighted by Crippen LogP contribution is 2.44. The molecule has 7 heteroatoms. The SMILES string of the molecule is Cc1c(-c2nn(C(C)C)c3c(F)cnc(N)c23)noc1C1CC1. The minimum Gasteiger partial charge on any atom is -0.383 e. The highest BCUT2D eigenvalue weighted by molar-refractivity contribution is 6.00. The van der Waals surface area contributed by atoms with E-state index in [2.05, 4.69) is 15.2 Å². The second-order valence-electron chi connectivity index (χ2n) is 6.40. The predicted molar refractivity (Wildman–Crippen MR) is 84.5 cm³/mol. The van der Waals surface area contributed by atoms with Crippen LogP contribution in [0.25, 0.3) is 22.3 Å². The zero-order valence-corrected chi connectivity index (χ0v) is 13.3. The summed E-state index contributed by atoms with van der Waals surface area (Å²) in [6.07, 6.45) is 3.37. The molecule has 1 aliphatic carbocycles. The van der Waals surface area contributed by atoms with Crippen molar-refractivity contribution in [2.45, 2.75) is 45.6 Å². The van der Waals surface area contributed by atoms with E-state index in [1.807, 2.05) is 20.8 Å². The number of hydrogen-bond donors (Lipinski definition) is 1. The number of hydrogen-bond acceptors (Lipinski definition) is 5. The molecule has 0 amide bonds. The van der Waals surface area contributed by atoms with Gasteiger partial charge in [-0.05, 0) is 33.6 Å². The van der Waals surface area contributed by atoms with Crippen LogP contribution in [0.3, 0.4) is 0 Å². The Morgan fingerprint density at radius 2 is 2.09 bits per heavy atom. The molecule has 0 saturated heterocycles. The van der Waals surface area contributed by atoms with E-state index in [4.69, 9.17) is 10.3 Å². The molecule has 1 saturated carbocycles. The summed E-state index contributed by atoms with van der Waals surface area (Å²) in [6.45, 7) is 5.84. The lowest BCUT2D eigenvalue weighted by atomic mass is 10.1. The molecule has 120 valence electrons. The molecular weight excluding hydrogens is 297 g/mol. The van der Waals surface area contributed by atoms with Gasteiger partial charge in [0.1, 0.15) is 28.5 Å². The molecular formula is C16H18FN5O. The molecule has 6 nitrogen and oxygen atoms in total. The van der Waals surface area contributed by atoms with E-state index >= 15 is 0 Å². The van der Waals surface area contributed by atoms with Crippen molar-refractivity contribution in [1.82, 2.24) is 19.9 Å². The molecule has 1 fully saturated rings. The number of anilines is 1. The Labute approximate surface area is 132 Å². The number of pyridine rings is 1. The standard InChI is InChI=1S/C16H18FN5O/c1-7(2)22-14-10(17)6-19-16(18)11(14)13(20-22)12-8(3)15(23-21-12)9-4-5-9/h6-7,9H,4-5H2,1-3H3,(H2,18,19). The smallest absolute Gasteiger partial charge is 0.167 e. The molecule has 3 aromatic heterocycles. The zero-order chi connectivity index (χ0) is 16.3. The van der Waals surface area contributed by atoms with E-state index in [-0.39, 0.29) is 11.9 Å². The van der Waals surface area contributed by atoms with E-state index in [1.54, 1.807) is 4.68 Å². The minimum absolute atomic E-state index is 0.0161. The maximum absolute atomic E-state index is 14.3. The van der Waals surface area contributed by atoms with Gasteiger partial charge in [0.05, 0.1) is 11.6 Å². The van der Waals surface area contributed by atoms with Gasteiger partial charge in [-0.2, -0.15) is 5.10 Å². The molecule has 0 aliphatic heterocycles. The molecule has 0 spiro atoms. The Bertz CT molecular complexity index is 907. The molecule has 0 bridgehead atoms. The second kappa shape index (κ2) is 4.78. The third-order valence-electron chi connectivity index (χ3n) is 4.33. The first-order valence-corrected chi connectivity index (χ1v) is 7.77. The van der Waals surface area contributed by atoms with E-state index in [9.17, 15) is 4.39 Å². The molecule has 1 aliphatic rings. The summed E-state index contributed by atoms with van der Waals surface area (Å²) in [4.78, 5) is 3.94. The number of nitrogen functional groups attached to an aromatic ring is 1. The van der Waals surface area contributed by atoms with Crippen molar-refractivity contribution in [3.63, 3.8) is 0 Å². The highest BCUT2D eigenvalue weighted by atomic mass is 19.1. The molecule has 3 aromatic rings. The Kier molecular flexibility index (Phi) is 2.94. The van der Waals surface area contributed by atoms with Gasteiger partial charge in [0.2, 0.25) is 0 Å². The summed E-state index contributed by atoms with van der Waals surface area (Å²) in [5, 5.41) is 9.25. The maximum Gasteiger partial charge on any atom is 0.167 e. The number of halogens is 1. The first-order valence-electron chi connectivity index (χ1n) is 7.77. The van der Waals surface area contributed by atoms with Crippen LogP contribution in [-0.4, -0.2) is 19.9 Å². The molecule has 0 atom stereocenters.